The third-order valence-corrected chi connectivity index (χ3v) is 5.16. The van der Waals surface area contributed by atoms with Gasteiger partial charge in [-0.2, -0.15) is 0 Å². The van der Waals surface area contributed by atoms with Gasteiger partial charge in [-0.3, -0.25) is 9.69 Å². The van der Waals surface area contributed by atoms with Crippen LogP contribution < -0.4 is 5.32 Å². The van der Waals surface area contributed by atoms with Gasteiger partial charge in [-0.1, -0.05) is 27.7 Å². The molecule has 1 saturated heterocycles. The lowest BCUT2D eigenvalue weighted by Gasteiger charge is -2.50. The molecule has 0 saturated carbocycles. The molecule has 1 fully saturated rings. The van der Waals surface area contributed by atoms with Crippen molar-refractivity contribution in [3.8, 4) is 0 Å². The van der Waals surface area contributed by atoms with Gasteiger partial charge < -0.3 is 5.32 Å². The highest BCUT2D eigenvalue weighted by Gasteiger charge is 2.46. The van der Waals surface area contributed by atoms with Crippen molar-refractivity contribution in [3.05, 3.63) is 0 Å². The van der Waals surface area contributed by atoms with E-state index in [1.165, 1.54) is 0 Å². The topological polar surface area (TPSA) is 32.3 Å². The molecule has 1 N–H and O–H groups in total. The fourth-order valence-corrected chi connectivity index (χ4v) is 3.31. The van der Waals surface area contributed by atoms with Gasteiger partial charge in [-0.25, -0.2) is 0 Å². The first-order valence-corrected chi connectivity index (χ1v) is 7.01. The molecule has 0 radical (unpaired) electrons. The zero-order valence-electron chi connectivity index (χ0n) is 12.1. The van der Waals surface area contributed by atoms with Gasteiger partial charge in [0.2, 0.25) is 5.91 Å². The highest BCUT2D eigenvalue weighted by Crippen LogP contribution is 2.37. The first-order chi connectivity index (χ1) is 8.00. The van der Waals surface area contributed by atoms with E-state index in [1.807, 2.05) is 0 Å². The number of nitrogens with zero attached hydrogens (tertiary/aromatic N) is 1. The molecule has 17 heavy (non-hydrogen) atoms. The monoisotopic (exact) mass is 240 g/mol. The summed E-state index contributed by atoms with van der Waals surface area (Å²) in [5.74, 6) is 0.212. The lowest BCUT2D eigenvalue weighted by atomic mass is 9.81. The molecule has 0 atom stereocenters. The van der Waals surface area contributed by atoms with Gasteiger partial charge in [-0.15, -0.1) is 0 Å². The van der Waals surface area contributed by atoms with Gasteiger partial charge in [0.25, 0.3) is 0 Å². The van der Waals surface area contributed by atoms with Gasteiger partial charge in [0.15, 0.2) is 0 Å². The summed E-state index contributed by atoms with van der Waals surface area (Å²) in [5.41, 5.74) is 0.158. The number of hydrogen-bond acceptors (Lipinski definition) is 2. The van der Waals surface area contributed by atoms with Crippen LogP contribution in [-0.4, -0.2) is 35.5 Å². The smallest absolute Gasteiger partial charge is 0.221 e. The van der Waals surface area contributed by atoms with E-state index in [1.54, 1.807) is 0 Å². The predicted molar refractivity (Wildman–Crippen MR) is 72.0 cm³/mol. The maximum absolute atomic E-state index is 11.9. The van der Waals surface area contributed by atoms with Gasteiger partial charge in [0.1, 0.15) is 0 Å². The van der Waals surface area contributed by atoms with Gasteiger partial charge in [0.05, 0.1) is 0 Å². The van der Waals surface area contributed by atoms with Crippen LogP contribution in [0.4, 0.5) is 0 Å². The van der Waals surface area contributed by atoms with E-state index in [9.17, 15) is 4.79 Å². The standard InChI is InChI=1S/C14H28N2O/c1-6-13(7-2)10-12(17)15-11-14(8-3,9-4)16(13)5/h6-11H2,1-5H3,(H,15,17). The van der Waals surface area contributed by atoms with Gasteiger partial charge in [-0.05, 0) is 32.7 Å². The SMILES string of the molecule is CCC1(CC)CNC(=O)CC(CC)(CC)N1C. The molecule has 100 valence electrons. The van der Waals surface area contributed by atoms with E-state index >= 15 is 0 Å². The Kier molecular flexibility index (Phi) is 4.59. The number of carbonyl (C=O) groups excluding carboxylic acids is 1. The Bertz CT molecular complexity index is 267. The highest BCUT2D eigenvalue weighted by molar-refractivity contribution is 5.77. The van der Waals surface area contributed by atoms with Gasteiger partial charge in [0, 0.05) is 24.0 Å². The van der Waals surface area contributed by atoms with Crippen molar-refractivity contribution in [2.45, 2.75) is 70.9 Å². The summed E-state index contributed by atoms with van der Waals surface area (Å²) in [7, 11) is 2.21. The molecule has 0 aromatic carbocycles. The van der Waals surface area contributed by atoms with Crippen LogP contribution in [0.1, 0.15) is 59.8 Å². The second-order valence-electron chi connectivity index (χ2n) is 5.38. The third-order valence-electron chi connectivity index (χ3n) is 5.16. The fourth-order valence-electron chi connectivity index (χ4n) is 3.31. The molecular weight excluding hydrogens is 212 g/mol. The molecule has 1 aliphatic rings. The van der Waals surface area contributed by atoms with E-state index < -0.39 is 0 Å². The minimum atomic E-state index is 0.0343. The molecule has 0 aromatic heterocycles. The van der Waals surface area contributed by atoms with Crippen molar-refractivity contribution in [3.63, 3.8) is 0 Å². The zero-order valence-corrected chi connectivity index (χ0v) is 12.1. The summed E-state index contributed by atoms with van der Waals surface area (Å²) in [6, 6.07) is 0. The lowest BCUT2D eigenvalue weighted by molar-refractivity contribution is -0.122. The number of rotatable bonds is 4. The Labute approximate surface area is 106 Å². The van der Waals surface area contributed by atoms with Crippen molar-refractivity contribution in [2.75, 3.05) is 13.6 Å². The van der Waals surface area contributed by atoms with Crippen molar-refractivity contribution in [1.82, 2.24) is 10.2 Å². The molecule has 0 spiro atoms. The molecule has 1 aliphatic heterocycles. The maximum atomic E-state index is 11.9. The number of hydrogen-bond donors (Lipinski definition) is 1. The second-order valence-corrected chi connectivity index (χ2v) is 5.38. The maximum Gasteiger partial charge on any atom is 0.221 e. The zero-order chi connectivity index (χ0) is 13.1. The second kappa shape index (κ2) is 5.38. The molecule has 0 bridgehead atoms. The molecule has 1 rings (SSSR count). The van der Waals surface area contributed by atoms with E-state index in [4.69, 9.17) is 0 Å². The molecule has 1 amide bonds. The van der Waals surface area contributed by atoms with Crippen LogP contribution in [0.15, 0.2) is 0 Å². The molecule has 1 heterocycles. The van der Waals surface area contributed by atoms with Crippen molar-refractivity contribution in [2.24, 2.45) is 0 Å². The van der Waals surface area contributed by atoms with E-state index in [0.717, 1.165) is 32.2 Å². The molecule has 0 aliphatic carbocycles. The van der Waals surface area contributed by atoms with Crippen LogP contribution in [0.25, 0.3) is 0 Å². The van der Waals surface area contributed by atoms with Crippen molar-refractivity contribution < 1.29 is 4.79 Å². The molecule has 3 heteroatoms. The van der Waals surface area contributed by atoms with E-state index in [0.29, 0.717) is 6.42 Å². The van der Waals surface area contributed by atoms with Crippen LogP contribution >= 0.6 is 0 Å². The number of carbonyl (C=O) groups is 1. The summed E-state index contributed by atoms with van der Waals surface area (Å²) >= 11 is 0. The Hall–Kier alpha value is -0.570. The van der Waals surface area contributed by atoms with Crippen LogP contribution in [0.3, 0.4) is 0 Å². The summed E-state index contributed by atoms with van der Waals surface area (Å²) < 4.78 is 0. The Morgan fingerprint density at radius 3 is 1.94 bits per heavy atom. The number of nitrogens with one attached hydrogen (secondary N) is 1. The predicted octanol–water partition coefficient (Wildman–Crippen LogP) is 2.56. The Morgan fingerprint density at radius 1 is 1.06 bits per heavy atom. The van der Waals surface area contributed by atoms with Crippen LogP contribution in [0, 0.1) is 0 Å². The van der Waals surface area contributed by atoms with Gasteiger partial charge >= 0.3 is 0 Å². The lowest BCUT2D eigenvalue weighted by Crippen LogP contribution is -2.59. The molecule has 3 nitrogen and oxygen atoms in total. The van der Waals surface area contributed by atoms with Crippen LogP contribution in [0.5, 0.6) is 0 Å². The third kappa shape index (κ3) is 2.35. The summed E-state index contributed by atoms with van der Waals surface area (Å²) in [4.78, 5) is 14.4. The average molecular weight is 240 g/mol. The minimum absolute atomic E-state index is 0.0343. The van der Waals surface area contributed by atoms with E-state index in [-0.39, 0.29) is 17.0 Å². The van der Waals surface area contributed by atoms with Crippen LogP contribution in [0.2, 0.25) is 0 Å². The largest absolute Gasteiger partial charge is 0.354 e. The normalized spacial score (nSPS) is 24.2. The average Bonchev–Trinajstić information content (AvgIpc) is 2.47. The first kappa shape index (κ1) is 14.5. The summed E-state index contributed by atoms with van der Waals surface area (Å²) in [6.07, 6.45) is 4.88. The summed E-state index contributed by atoms with van der Waals surface area (Å²) in [5, 5.41) is 3.11. The van der Waals surface area contributed by atoms with Crippen molar-refractivity contribution in [1.29, 1.82) is 0 Å². The quantitative estimate of drug-likeness (QED) is 0.819. The Morgan fingerprint density at radius 2 is 1.53 bits per heavy atom. The summed E-state index contributed by atoms with van der Waals surface area (Å²) in [6.45, 7) is 9.65. The highest BCUT2D eigenvalue weighted by atomic mass is 16.1. The van der Waals surface area contributed by atoms with Crippen molar-refractivity contribution >= 4 is 5.91 Å². The fraction of sp³-hybridized carbons (Fsp3) is 0.929. The van der Waals surface area contributed by atoms with Crippen LogP contribution in [-0.2, 0) is 4.79 Å². The minimum Gasteiger partial charge on any atom is -0.354 e. The number of likely N-dealkylation sites (N-methyl/N-ethyl adjacent to an activating group) is 1. The molecule has 0 unspecified atom stereocenters. The number of amides is 1. The molecular formula is C14H28N2O. The Balaban J connectivity index is 3.16. The van der Waals surface area contributed by atoms with E-state index in [2.05, 4.69) is 45.0 Å². The first-order valence-electron chi connectivity index (χ1n) is 7.01. The molecule has 0 aromatic rings.